The first-order chi connectivity index (χ1) is 12.5. The number of amides is 1. The smallest absolute Gasteiger partial charge is 0.277 e. The number of nitrogen functional groups attached to an aromatic ring is 1. The van der Waals surface area contributed by atoms with Crippen LogP contribution < -0.4 is 11.1 Å². The predicted molar refractivity (Wildman–Crippen MR) is 112 cm³/mol. The fourth-order valence-corrected chi connectivity index (χ4v) is 5.13. The first kappa shape index (κ1) is 17.4. The maximum absolute atomic E-state index is 12.3. The van der Waals surface area contributed by atoms with Crippen LogP contribution in [-0.4, -0.2) is 15.0 Å². The normalized spacial score (nSPS) is 21.2. The van der Waals surface area contributed by atoms with Gasteiger partial charge in [0.25, 0.3) is 5.91 Å². The average molecular weight is 402 g/mol. The van der Waals surface area contributed by atoms with Gasteiger partial charge in [-0.05, 0) is 54.2 Å². The Morgan fingerprint density at radius 3 is 2.77 bits per heavy atom. The molecule has 132 valence electrons. The molecule has 1 aliphatic heterocycles. The first-order valence-corrected chi connectivity index (χ1v) is 10.0. The summed E-state index contributed by atoms with van der Waals surface area (Å²) in [6.45, 7) is 2.27. The van der Waals surface area contributed by atoms with Gasteiger partial charge in [-0.3, -0.25) is 4.79 Å². The van der Waals surface area contributed by atoms with Crippen molar-refractivity contribution in [3.63, 3.8) is 0 Å². The van der Waals surface area contributed by atoms with Crippen molar-refractivity contribution < 1.29 is 4.79 Å². The van der Waals surface area contributed by atoms with E-state index in [0.717, 1.165) is 23.5 Å². The highest BCUT2D eigenvalue weighted by molar-refractivity contribution is 8.10. The van der Waals surface area contributed by atoms with Crippen molar-refractivity contribution in [3.8, 4) is 0 Å². The number of aromatic nitrogens is 1. The Morgan fingerprint density at radius 2 is 2.12 bits per heavy atom. The maximum Gasteiger partial charge on any atom is 0.277 e. The second kappa shape index (κ2) is 6.61. The number of nitrogens with one attached hydrogen (secondary N) is 1. The fraction of sp³-hybridized carbons (Fsp3) is 0.158. The Balaban J connectivity index is 1.50. The lowest BCUT2D eigenvalue weighted by molar-refractivity contribution is 0.102. The monoisotopic (exact) mass is 401 g/mol. The van der Waals surface area contributed by atoms with Crippen molar-refractivity contribution in [3.05, 3.63) is 70.4 Å². The molecule has 1 amide bonds. The number of nitrogens with zero attached hydrogens (tertiary/aromatic N) is 1. The summed E-state index contributed by atoms with van der Waals surface area (Å²) in [6, 6.07) is 7.80. The number of nitrogens with two attached hydrogens (primary N) is 1. The lowest BCUT2D eigenvalue weighted by atomic mass is 9.92. The van der Waals surface area contributed by atoms with Gasteiger partial charge in [0.15, 0.2) is 5.69 Å². The summed E-state index contributed by atoms with van der Waals surface area (Å²) in [5, 5.41) is 3.35. The van der Waals surface area contributed by atoms with Crippen LogP contribution in [0.3, 0.4) is 0 Å². The summed E-state index contributed by atoms with van der Waals surface area (Å²) in [4.78, 5) is 13.5. The van der Waals surface area contributed by atoms with Crippen LogP contribution in [0, 0.1) is 0 Å². The van der Waals surface area contributed by atoms with Gasteiger partial charge in [0, 0.05) is 15.3 Å². The number of fused-ring (bicyclic) bond motifs is 1. The number of hydrogen-bond acceptors (Lipinski definition) is 5. The van der Waals surface area contributed by atoms with Crippen molar-refractivity contribution in [2.24, 2.45) is 0 Å². The average Bonchev–Trinajstić information content (AvgIpc) is 3.15. The summed E-state index contributed by atoms with van der Waals surface area (Å²) in [5.74, 6) is -0.361. The number of rotatable bonds is 3. The Hall–Kier alpha value is -2.02. The molecule has 4 nitrogen and oxygen atoms in total. The van der Waals surface area contributed by atoms with E-state index in [0.29, 0.717) is 10.7 Å². The van der Waals surface area contributed by atoms with E-state index >= 15 is 0 Å². The Bertz CT molecular complexity index is 975. The van der Waals surface area contributed by atoms with Crippen LogP contribution in [0.2, 0.25) is 5.02 Å². The standard InChI is InChI=1S/C19H16ClN3OS2/c1-19-9-3-2-4-12(19)10-14(25-19)11-5-7-13(8-6-11)22-18(24)16-15(20)17(21)26-23-16/h2-8,10H,9,21H2,1H3,(H,22,24). The Morgan fingerprint density at radius 1 is 1.35 bits per heavy atom. The van der Waals surface area contributed by atoms with Gasteiger partial charge < -0.3 is 11.1 Å². The van der Waals surface area contributed by atoms with E-state index in [1.807, 2.05) is 36.0 Å². The molecule has 0 saturated carbocycles. The van der Waals surface area contributed by atoms with Crippen LogP contribution in [0.1, 0.15) is 29.4 Å². The molecule has 4 rings (SSSR count). The number of benzene rings is 1. The van der Waals surface area contributed by atoms with Crippen LogP contribution in [0.4, 0.5) is 10.7 Å². The van der Waals surface area contributed by atoms with Gasteiger partial charge in [0.05, 0.1) is 0 Å². The van der Waals surface area contributed by atoms with Gasteiger partial charge in [-0.25, -0.2) is 0 Å². The van der Waals surface area contributed by atoms with Crippen LogP contribution in [-0.2, 0) is 0 Å². The van der Waals surface area contributed by atoms with Crippen LogP contribution in [0.25, 0.3) is 4.91 Å². The van der Waals surface area contributed by atoms with Gasteiger partial charge in [0.2, 0.25) is 0 Å². The number of carbonyl (C=O) groups excluding carboxylic acids is 1. The largest absolute Gasteiger partial charge is 0.388 e. The SMILES string of the molecule is CC12CC=CC=C1C=C(c1ccc(NC(=O)c3nsc(N)c3Cl)cc1)S2. The molecule has 7 heteroatoms. The number of allylic oxidation sites excluding steroid dienone is 4. The van der Waals surface area contributed by atoms with Gasteiger partial charge >= 0.3 is 0 Å². The molecule has 0 spiro atoms. The van der Waals surface area contributed by atoms with Crippen molar-refractivity contribution >= 4 is 56.4 Å². The van der Waals surface area contributed by atoms with Crippen molar-refractivity contribution in [2.75, 3.05) is 11.1 Å². The van der Waals surface area contributed by atoms with Gasteiger partial charge in [-0.2, -0.15) is 4.37 Å². The minimum atomic E-state index is -0.361. The van der Waals surface area contributed by atoms with E-state index in [2.05, 4.69) is 40.9 Å². The predicted octanol–water partition coefficient (Wildman–Crippen LogP) is 5.36. The summed E-state index contributed by atoms with van der Waals surface area (Å²) >= 11 is 8.89. The molecular weight excluding hydrogens is 386 g/mol. The number of hydrogen-bond donors (Lipinski definition) is 2. The summed E-state index contributed by atoms with van der Waals surface area (Å²) in [6.07, 6.45) is 9.80. The van der Waals surface area contributed by atoms with E-state index in [4.69, 9.17) is 17.3 Å². The van der Waals surface area contributed by atoms with E-state index in [-0.39, 0.29) is 21.4 Å². The molecule has 3 N–H and O–H groups in total. The van der Waals surface area contributed by atoms with E-state index in [1.165, 1.54) is 10.5 Å². The summed E-state index contributed by atoms with van der Waals surface area (Å²) in [7, 11) is 0. The fourth-order valence-electron chi connectivity index (χ4n) is 2.96. The zero-order chi connectivity index (χ0) is 18.3. The molecule has 2 heterocycles. The molecule has 26 heavy (non-hydrogen) atoms. The third-order valence-electron chi connectivity index (χ3n) is 4.45. The minimum absolute atomic E-state index is 0.123. The van der Waals surface area contributed by atoms with Gasteiger partial charge in [-0.1, -0.05) is 42.0 Å². The Labute approximate surface area is 165 Å². The van der Waals surface area contributed by atoms with E-state index in [9.17, 15) is 4.79 Å². The minimum Gasteiger partial charge on any atom is -0.388 e. The number of anilines is 2. The lowest BCUT2D eigenvalue weighted by Gasteiger charge is -2.26. The van der Waals surface area contributed by atoms with Gasteiger partial charge in [-0.15, -0.1) is 11.8 Å². The number of carbonyl (C=O) groups is 1. The number of halogens is 1. The number of thioether (sulfide) groups is 1. The maximum atomic E-state index is 12.3. The molecule has 0 fully saturated rings. The van der Waals surface area contributed by atoms with Crippen LogP contribution in [0.15, 0.2) is 54.1 Å². The van der Waals surface area contributed by atoms with Crippen LogP contribution >= 0.6 is 34.9 Å². The van der Waals surface area contributed by atoms with Crippen molar-refractivity contribution in [1.82, 2.24) is 4.37 Å². The highest BCUT2D eigenvalue weighted by atomic mass is 35.5. The molecule has 0 saturated heterocycles. The summed E-state index contributed by atoms with van der Waals surface area (Å²) < 4.78 is 4.11. The quantitative estimate of drug-likeness (QED) is 0.726. The molecule has 1 unspecified atom stereocenters. The molecule has 1 aliphatic carbocycles. The molecule has 1 atom stereocenters. The molecule has 2 aliphatic rings. The first-order valence-electron chi connectivity index (χ1n) is 8.07. The van der Waals surface area contributed by atoms with Crippen molar-refractivity contribution in [1.29, 1.82) is 0 Å². The topological polar surface area (TPSA) is 68.0 Å². The lowest BCUT2D eigenvalue weighted by Crippen LogP contribution is -2.19. The highest BCUT2D eigenvalue weighted by Gasteiger charge is 2.35. The highest BCUT2D eigenvalue weighted by Crippen LogP contribution is 2.52. The van der Waals surface area contributed by atoms with Crippen molar-refractivity contribution in [2.45, 2.75) is 18.1 Å². The third-order valence-corrected chi connectivity index (χ3v) is 7.05. The molecule has 0 bridgehead atoms. The molecular formula is C19H16ClN3OS2. The second-order valence-electron chi connectivity index (χ2n) is 6.34. The second-order valence-corrected chi connectivity index (χ2v) is 9.06. The Kier molecular flexibility index (Phi) is 4.42. The van der Waals surface area contributed by atoms with E-state index in [1.54, 1.807) is 0 Å². The summed E-state index contributed by atoms with van der Waals surface area (Å²) in [5.41, 5.74) is 8.99. The van der Waals surface area contributed by atoms with E-state index < -0.39 is 0 Å². The molecule has 1 aromatic heterocycles. The zero-order valence-electron chi connectivity index (χ0n) is 14.0. The van der Waals surface area contributed by atoms with Gasteiger partial charge in [0.1, 0.15) is 10.0 Å². The molecule has 0 radical (unpaired) electrons. The third kappa shape index (κ3) is 3.09. The zero-order valence-corrected chi connectivity index (χ0v) is 16.3. The van der Waals surface area contributed by atoms with Crippen LogP contribution in [0.5, 0.6) is 0 Å². The molecule has 2 aromatic rings. The molecule has 1 aromatic carbocycles.